The molecule has 1 aliphatic heterocycles. The van der Waals surface area contributed by atoms with Crippen LogP contribution in [0.2, 0.25) is 0 Å². The lowest BCUT2D eigenvalue weighted by Gasteiger charge is -2.27. The van der Waals surface area contributed by atoms with Crippen LogP contribution in [0.1, 0.15) is 35.3 Å². The van der Waals surface area contributed by atoms with Crippen molar-refractivity contribution in [2.75, 3.05) is 13.3 Å². The molecule has 98 valence electrons. The van der Waals surface area contributed by atoms with Crippen molar-refractivity contribution in [3.8, 4) is 0 Å². The molecule has 0 saturated carbocycles. The number of hydrogen-bond donors (Lipinski definition) is 0. The maximum Gasteiger partial charge on any atom is 0.0947 e. The Hall–Kier alpha value is -1.13. The molecular weight excluding hydrogens is 247 g/mol. The summed E-state index contributed by atoms with van der Waals surface area (Å²) < 4.78 is 0. The van der Waals surface area contributed by atoms with Crippen molar-refractivity contribution in [3.05, 3.63) is 71.8 Å². The summed E-state index contributed by atoms with van der Waals surface area (Å²) in [6.45, 7) is 5.10. The maximum atomic E-state index is 2.55. The normalized spacial score (nSPS) is 25.4. The zero-order chi connectivity index (χ0) is 13.3. The molecule has 3 rings (SSSR count). The first kappa shape index (κ1) is 12.9. The fourth-order valence-electron chi connectivity index (χ4n) is 3.65. The SMILES string of the molecule is C[P+]1(C)[C@@H](c2ccccc2)CC[C@@H]1c1ccccc1. The largest absolute Gasteiger partial charge is 0.0947 e. The van der Waals surface area contributed by atoms with Crippen molar-refractivity contribution in [2.45, 2.75) is 24.2 Å². The van der Waals surface area contributed by atoms with E-state index >= 15 is 0 Å². The van der Waals surface area contributed by atoms with Gasteiger partial charge in [-0.15, -0.1) is 0 Å². The van der Waals surface area contributed by atoms with Crippen LogP contribution in [0.3, 0.4) is 0 Å². The van der Waals surface area contributed by atoms with Gasteiger partial charge >= 0.3 is 0 Å². The summed E-state index contributed by atoms with van der Waals surface area (Å²) in [5.41, 5.74) is 4.69. The van der Waals surface area contributed by atoms with Crippen molar-refractivity contribution in [2.24, 2.45) is 0 Å². The van der Waals surface area contributed by atoms with Gasteiger partial charge in [0, 0.05) is 20.6 Å². The minimum atomic E-state index is -0.957. The number of benzene rings is 2. The second-order valence-corrected chi connectivity index (χ2v) is 10.6. The maximum absolute atomic E-state index is 2.55. The molecule has 1 saturated heterocycles. The lowest BCUT2D eigenvalue weighted by molar-refractivity contribution is 0.765. The smallest absolute Gasteiger partial charge is 0.0622 e. The Labute approximate surface area is 117 Å². The molecule has 2 aromatic carbocycles. The first-order valence-corrected chi connectivity index (χ1v) is 9.95. The average molecular weight is 269 g/mol. The molecule has 0 spiro atoms. The highest BCUT2D eigenvalue weighted by molar-refractivity contribution is 7.75. The topological polar surface area (TPSA) is 0 Å². The highest BCUT2D eigenvalue weighted by Gasteiger charge is 2.50. The summed E-state index contributed by atoms with van der Waals surface area (Å²) in [5, 5.41) is 0. The van der Waals surface area contributed by atoms with Gasteiger partial charge in [0.2, 0.25) is 0 Å². The lowest BCUT2D eigenvalue weighted by Crippen LogP contribution is -2.02. The molecule has 2 aromatic rings. The highest BCUT2D eigenvalue weighted by atomic mass is 31.2. The molecule has 0 aromatic heterocycles. The molecule has 2 atom stereocenters. The molecule has 0 aliphatic carbocycles. The van der Waals surface area contributed by atoms with E-state index in [9.17, 15) is 0 Å². The molecule has 1 heteroatoms. The van der Waals surface area contributed by atoms with Crippen LogP contribution < -0.4 is 0 Å². The molecule has 0 bridgehead atoms. The van der Waals surface area contributed by atoms with E-state index in [2.05, 4.69) is 74.0 Å². The summed E-state index contributed by atoms with van der Waals surface area (Å²) in [6, 6.07) is 22.3. The summed E-state index contributed by atoms with van der Waals surface area (Å²) in [6.07, 6.45) is 2.70. The fraction of sp³-hybridized carbons (Fsp3) is 0.333. The van der Waals surface area contributed by atoms with Gasteiger partial charge in [-0.3, -0.25) is 0 Å². The zero-order valence-electron chi connectivity index (χ0n) is 11.8. The fourth-order valence-corrected chi connectivity index (χ4v) is 7.60. The van der Waals surface area contributed by atoms with E-state index in [1.54, 1.807) is 11.1 Å². The summed E-state index contributed by atoms with van der Waals surface area (Å²) in [5.74, 6) is 0. The van der Waals surface area contributed by atoms with E-state index in [1.165, 1.54) is 12.8 Å². The minimum Gasteiger partial charge on any atom is -0.0622 e. The Morgan fingerprint density at radius 1 is 0.684 bits per heavy atom. The summed E-state index contributed by atoms with van der Waals surface area (Å²) in [4.78, 5) is 0. The van der Waals surface area contributed by atoms with Crippen molar-refractivity contribution >= 4 is 7.26 Å². The van der Waals surface area contributed by atoms with Gasteiger partial charge < -0.3 is 0 Å². The summed E-state index contributed by atoms with van der Waals surface area (Å²) >= 11 is 0. The summed E-state index contributed by atoms with van der Waals surface area (Å²) in [7, 11) is -0.957. The van der Waals surface area contributed by atoms with E-state index in [4.69, 9.17) is 0 Å². The van der Waals surface area contributed by atoms with Crippen LogP contribution in [-0.4, -0.2) is 13.3 Å². The molecule has 0 radical (unpaired) electrons. The quantitative estimate of drug-likeness (QED) is 0.628. The molecule has 0 nitrogen and oxygen atoms in total. The van der Waals surface area contributed by atoms with Crippen LogP contribution in [0.15, 0.2) is 60.7 Å². The van der Waals surface area contributed by atoms with Crippen LogP contribution in [0.25, 0.3) is 0 Å². The first-order valence-electron chi connectivity index (χ1n) is 7.13. The number of rotatable bonds is 2. The van der Waals surface area contributed by atoms with Crippen molar-refractivity contribution in [1.82, 2.24) is 0 Å². The molecule has 0 amide bonds. The van der Waals surface area contributed by atoms with Crippen LogP contribution in [0.4, 0.5) is 0 Å². The van der Waals surface area contributed by atoms with Gasteiger partial charge in [0.15, 0.2) is 0 Å². The number of hydrogen-bond acceptors (Lipinski definition) is 0. The van der Waals surface area contributed by atoms with E-state index in [-0.39, 0.29) is 0 Å². The van der Waals surface area contributed by atoms with Gasteiger partial charge in [0.1, 0.15) is 0 Å². The van der Waals surface area contributed by atoms with Gasteiger partial charge in [-0.05, 0) is 24.0 Å². The molecule has 0 unspecified atom stereocenters. The third-order valence-corrected chi connectivity index (χ3v) is 9.01. The molecule has 1 aliphatic rings. The lowest BCUT2D eigenvalue weighted by atomic mass is 10.0. The van der Waals surface area contributed by atoms with Gasteiger partial charge in [-0.2, -0.15) is 0 Å². The Morgan fingerprint density at radius 2 is 1.05 bits per heavy atom. The Bertz CT molecular complexity index is 481. The molecule has 0 N–H and O–H groups in total. The van der Waals surface area contributed by atoms with Gasteiger partial charge in [0.05, 0.1) is 11.3 Å². The zero-order valence-corrected chi connectivity index (χ0v) is 12.7. The van der Waals surface area contributed by atoms with Gasteiger partial charge in [-0.1, -0.05) is 60.7 Å². The molecular formula is C18H22P+. The van der Waals surface area contributed by atoms with Crippen molar-refractivity contribution < 1.29 is 0 Å². The Morgan fingerprint density at radius 3 is 1.42 bits per heavy atom. The second kappa shape index (κ2) is 5.10. The second-order valence-electron chi connectivity index (χ2n) is 6.06. The van der Waals surface area contributed by atoms with E-state index < -0.39 is 7.26 Å². The van der Waals surface area contributed by atoms with Gasteiger partial charge in [0.25, 0.3) is 0 Å². The Balaban J connectivity index is 1.92. The molecule has 19 heavy (non-hydrogen) atoms. The van der Waals surface area contributed by atoms with Crippen molar-refractivity contribution in [3.63, 3.8) is 0 Å². The molecule has 1 fully saturated rings. The predicted molar refractivity (Wildman–Crippen MR) is 86.4 cm³/mol. The van der Waals surface area contributed by atoms with E-state index in [1.807, 2.05) is 0 Å². The minimum absolute atomic E-state index is 0.791. The van der Waals surface area contributed by atoms with Crippen LogP contribution in [-0.2, 0) is 0 Å². The van der Waals surface area contributed by atoms with Crippen LogP contribution in [0.5, 0.6) is 0 Å². The highest BCUT2D eigenvalue weighted by Crippen LogP contribution is 2.80. The van der Waals surface area contributed by atoms with Crippen molar-refractivity contribution in [1.29, 1.82) is 0 Å². The molecule has 1 heterocycles. The van der Waals surface area contributed by atoms with Crippen LogP contribution >= 0.6 is 7.26 Å². The van der Waals surface area contributed by atoms with E-state index in [0.29, 0.717) is 0 Å². The average Bonchev–Trinajstić information content (AvgIpc) is 2.76. The third-order valence-electron chi connectivity index (χ3n) is 4.69. The van der Waals surface area contributed by atoms with Crippen LogP contribution in [0, 0.1) is 0 Å². The Kier molecular flexibility index (Phi) is 3.46. The van der Waals surface area contributed by atoms with Gasteiger partial charge in [-0.25, -0.2) is 0 Å². The third kappa shape index (κ3) is 2.35. The monoisotopic (exact) mass is 269 g/mol. The standard InChI is InChI=1S/C18H22P/c1-19(2)17(15-9-5-3-6-10-15)13-14-18(19)16-11-7-4-8-12-16/h3-12,17-18H,13-14H2,1-2H3/q+1/t17-,18-/m1/s1. The predicted octanol–water partition coefficient (Wildman–Crippen LogP) is 5.54. The van der Waals surface area contributed by atoms with E-state index in [0.717, 1.165) is 11.3 Å². The first-order chi connectivity index (χ1) is 9.19.